The molecular formula is C52H70N4O12. The van der Waals surface area contributed by atoms with Gasteiger partial charge in [-0.05, 0) is 102 Å². The first-order chi connectivity index (χ1) is 31.7. The van der Waals surface area contributed by atoms with Crippen molar-refractivity contribution in [3.63, 3.8) is 0 Å². The van der Waals surface area contributed by atoms with Gasteiger partial charge in [0.1, 0.15) is 17.8 Å². The summed E-state index contributed by atoms with van der Waals surface area (Å²) in [5, 5.41) is 6.25. The molecule has 370 valence electrons. The van der Waals surface area contributed by atoms with E-state index in [-0.39, 0.29) is 67.5 Å². The number of esters is 2. The molecule has 68 heavy (non-hydrogen) atoms. The van der Waals surface area contributed by atoms with Crippen molar-refractivity contribution in [3.05, 3.63) is 106 Å². The number of hydrogen-bond acceptors (Lipinski definition) is 13. The summed E-state index contributed by atoms with van der Waals surface area (Å²) in [4.78, 5) is 110. The summed E-state index contributed by atoms with van der Waals surface area (Å²) in [5.74, 6) is 0.836. The van der Waals surface area contributed by atoms with Crippen LogP contribution in [0.1, 0.15) is 139 Å². The molecule has 0 fully saturated rings. The van der Waals surface area contributed by atoms with Gasteiger partial charge in [0, 0.05) is 12.8 Å². The predicted molar refractivity (Wildman–Crippen MR) is 254 cm³/mol. The Kier molecular flexibility index (Phi) is 20.9. The molecule has 2 unspecified atom stereocenters. The molecule has 16 nitrogen and oxygen atoms in total. The minimum Gasteiger partial charge on any atom is -0.460 e. The molecule has 0 saturated carbocycles. The maximum atomic E-state index is 12.9. The molecule has 4 atom stereocenters. The average Bonchev–Trinajstić information content (AvgIpc) is 3.48. The molecule has 0 saturated heterocycles. The van der Waals surface area contributed by atoms with E-state index in [4.69, 9.17) is 20.2 Å². The summed E-state index contributed by atoms with van der Waals surface area (Å²) in [6, 6.07) is 19.5. The van der Waals surface area contributed by atoms with Crippen molar-refractivity contribution < 1.29 is 57.5 Å². The van der Waals surface area contributed by atoms with Gasteiger partial charge in [-0.25, -0.2) is 5.90 Å². The SMILES string of the molecule is CC(C)C(CC(=O)OC(C)(C)C)C(=O)N[C@H](C)C(=O)Cc1ccc(CON)cc1.CC(C)C(CC(=O)OC(C)(C)C)C(=O)N[C@H](C)C(=O)Cc1ccc(CON2C(=O)c3ccccc3C2=O)cc1. The van der Waals surface area contributed by atoms with E-state index in [1.807, 2.05) is 52.0 Å². The third kappa shape index (κ3) is 18.2. The zero-order valence-corrected chi connectivity index (χ0v) is 41.6. The largest absolute Gasteiger partial charge is 0.460 e. The number of rotatable bonds is 21. The quantitative estimate of drug-likeness (QED) is 0.0573. The Morgan fingerprint density at radius 3 is 1.21 bits per heavy atom. The van der Waals surface area contributed by atoms with Gasteiger partial charge < -0.3 is 20.1 Å². The van der Waals surface area contributed by atoms with Crippen LogP contribution in [0.4, 0.5) is 0 Å². The molecule has 1 aliphatic heterocycles. The van der Waals surface area contributed by atoms with Crippen LogP contribution < -0.4 is 16.5 Å². The molecule has 0 aromatic heterocycles. The summed E-state index contributed by atoms with van der Waals surface area (Å²) in [5.41, 5.74) is 2.56. The number of imide groups is 1. The van der Waals surface area contributed by atoms with Crippen LogP contribution in [-0.2, 0) is 74.0 Å². The molecule has 1 heterocycles. The summed E-state index contributed by atoms with van der Waals surface area (Å²) in [7, 11) is 0. The topological polar surface area (TPSA) is 227 Å². The Morgan fingerprint density at radius 2 is 0.882 bits per heavy atom. The highest BCUT2D eigenvalue weighted by molar-refractivity contribution is 6.20. The second kappa shape index (κ2) is 25.3. The first-order valence-electron chi connectivity index (χ1n) is 22.9. The van der Waals surface area contributed by atoms with Gasteiger partial charge in [0.25, 0.3) is 11.8 Å². The van der Waals surface area contributed by atoms with Crippen LogP contribution in [0.5, 0.6) is 0 Å². The van der Waals surface area contributed by atoms with Crippen molar-refractivity contribution >= 4 is 47.1 Å². The third-order valence-electron chi connectivity index (χ3n) is 10.7. The van der Waals surface area contributed by atoms with Gasteiger partial charge in [0.05, 0.1) is 54.5 Å². The highest BCUT2D eigenvalue weighted by atomic mass is 16.7. The summed E-state index contributed by atoms with van der Waals surface area (Å²) >= 11 is 0. The van der Waals surface area contributed by atoms with Gasteiger partial charge in [-0.2, -0.15) is 0 Å². The van der Waals surface area contributed by atoms with Crippen LogP contribution in [0.3, 0.4) is 0 Å². The first-order valence-corrected chi connectivity index (χ1v) is 22.9. The molecule has 3 aromatic carbocycles. The molecule has 4 rings (SSSR count). The van der Waals surface area contributed by atoms with Crippen molar-refractivity contribution in [1.82, 2.24) is 15.7 Å². The number of nitrogens with one attached hydrogen (secondary N) is 2. The van der Waals surface area contributed by atoms with Crippen LogP contribution in [0.2, 0.25) is 0 Å². The van der Waals surface area contributed by atoms with Crippen molar-refractivity contribution in [2.24, 2.45) is 29.6 Å². The number of nitrogens with zero attached hydrogens (tertiary/aromatic N) is 1. The van der Waals surface area contributed by atoms with E-state index in [1.165, 1.54) is 0 Å². The number of ether oxygens (including phenoxy) is 2. The van der Waals surface area contributed by atoms with E-state index in [0.717, 1.165) is 21.8 Å². The molecule has 3 aromatic rings. The lowest BCUT2D eigenvalue weighted by Crippen LogP contribution is -2.44. The lowest BCUT2D eigenvalue weighted by molar-refractivity contribution is -0.158. The molecule has 0 spiro atoms. The van der Waals surface area contributed by atoms with Gasteiger partial charge in [-0.3, -0.25) is 48.0 Å². The minimum absolute atomic E-state index is 0.000391. The molecule has 0 radical (unpaired) electrons. The number of hydroxylamine groups is 2. The number of hydrogen-bond donors (Lipinski definition) is 3. The Morgan fingerprint density at radius 1 is 0.544 bits per heavy atom. The Bertz CT molecular complexity index is 2210. The monoisotopic (exact) mass is 942 g/mol. The number of benzene rings is 3. The van der Waals surface area contributed by atoms with Crippen LogP contribution in [0.25, 0.3) is 0 Å². The normalized spacial score (nSPS) is 14.2. The van der Waals surface area contributed by atoms with Crippen molar-refractivity contribution in [1.29, 1.82) is 0 Å². The zero-order valence-electron chi connectivity index (χ0n) is 41.6. The lowest BCUT2D eigenvalue weighted by atomic mass is 9.91. The van der Waals surface area contributed by atoms with Crippen LogP contribution >= 0.6 is 0 Å². The second-order valence-corrected chi connectivity index (χ2v) is 19.7. The highest BCUT2D eigenvalue weighted by Gasteiger charge is 2.37. The lowest BCUT2D eigenvalue weighted by Gasteiger charge is -2.25. The maximum absolute atomic E-state index is 12.9. The number of amides is 4. The van der Waals surface area contributed by atoms with E-state index >= 15 is 0 Å². The zero-order chi connectivity index (χ0) is 51.1. The number of ketones is 2. The molecule has 1 aliphatic rings. The van der Waals surface area contributed by atoms with Crippen LogP contribution in [0.15, 0.2) is 72.8 Å². The van der Waals surface area contributed by atoms with E-state index in [9.17, 15) is 38.4 Å². The Balaban J connectivity index is 0.000000378. The van der Waals surface area contributed by atoms with E-state index < -0.39 is 58.9 Å². The summed E-state index contributed by atoms with van der Waals surface area (Å²) in [6.45, 7) is 21.7. The average molecular weight is 943 g/mol. The Labute approximate surface area is 400 Å². The third-order valence-corrected chi connectivity index (χ3v) is 10.7. The number of nitrogens with two attached hydrogens (primary N) is 1. The van der Waals surface area contributed by atoms with Crippen molar-refractivity contribution in [3.8, 4) is 0 Å². The fourth-order valence-electron chi connectivity index (χ4n) is 6.92. The summed E-state index contributed by atoms with van der Waals surface area (Å²) < 4.78 is 10.7. The second-order valence-electron chi connectivity index (χ2n) is 19.7. The standard InChI is InChI=1S/C30H36N2O7.C22H34N2O5/c1-18(2)24(16-26(34)39-30(4,5)6)27(35)31-19(3)25(33)15-20-11-13-21(14-12-20)17-38-32-28(36)22-9-7-8-10-23(22)29(32)37;1-14(2)18(12-20(26)29-22(4,5)6)21(27)24-15(3)19(25)11-16-7-9-17(10-8-16)13-28-23/h7-14,18-19,24H,15-17H2,1-6H3,(H,31,35);7-10,14-15,18H,11-13,23H2,1-6H3,(H,24,27)/t19-,24?;15-,18?/m11/s1. The van der Waals surface area contributed by atoms with E-state index in [1.54, 1.807) is 104 Å². The van der Waals surface area contributed by atoms with E-state index in [2.05, 4.69) is 15.5 Å². The number of carbonyl (C=O) groups excluding carboxylic acids is 8. The molecule has 4 amide bonds. The van der Waals surface area contributed by atoms with Gasteiger partial charge in [0.2, 0.25) is 11.8 Å². The van der Waals surface area contributed by atoms with Crippen LogP contribution in [-0.4, -0.2) is 75.5 Å². The van der Waals surface area contributed by atoms with Crippen molar-refractivity contribution in [2.75, 3.05) is 0 Å². The van der Waals surface area contributed by atoms with Gasteiger partial charge >= 0.3 is 11.9 Å². The van der Waals surface area contributed by atoms with Gasteiger partial charge in [-0.15, -0.1) is 5.06 Å². The minimum atomic E-state index is -0.741. The smallest absolute Gasteiger partial charge is 0.307 e. The molecule has 16 heteroatoms. The molecular weight excluding hydrogens is 873 g/mol. The van der Waals surface area contributed by atoms with Crippen LogP contribution in [0, 0.1) is 23.7 Å². The van der Waals surface area contributed by atoms with Gasteiger partial charge in [-0.1, -0.05) is 88.4 Å². The van der Waals surface area contributed by atoms with Crippen molar-refractivity contribution in [2.45, 2.75) is 145 Å². The molecule has 0 bridgehead atoms. The first kappa shape index (κ1) is 56.2. The van der Waals surface area contributed by atoms with Gasteiger partial charge in [0.15, 0.2) is 11.6 Å². The fourth-order valence-corrected chi connectivity index (χ4v) is 6.92. The number of Topliss-reactive ketones (excluding diaryl/α,β-unsaturated/α-hetero) is 2. The molecule has 4 N–H and O–H groups in total. The number of fused-ring (bicyclic) bond motifs is 1. The fraction of sp³-hybridized carbons (Fsp3) is 0.500. The van der Waals surface area contributed by atoms with E-state index in [0.29, 0.717) is 23.3 Å². The highest BCUT2D eigenvalue weighted by Crippen LogP contribution is 2.24. The molecule has 0 aliphatic carbocycles. The predicted octanol–water partition coefficient (Wildman–Crippen LogP) is 6.73. The number of carbonyl (C=O) groups is 8. The maximum Gasteiger partial charge on any atom is 0.307 e. The summed E-state index contributed by atoms with van der Waals surface area (Å²) in [6.07, 6.45) is 0.210. The Hall–Kier alpha value is -6.10.